The molecule has 0 aliphatic heterocycles. The van der Waals surface area contributed by atoms with E-state index in [1.165, 1.54) is 6.33 Å². The zero-order valence-corrected chi connectivity index (χ0v) is 9.24. The molecule has 0 spiro atoms. The summed E-state index contributed by atoms with van der Waals surface area (Å²) in [4.78, 5) is 4.12. The lowest BCUT2D eigenvalue weighted by Gasteiger charge is -2.09. The number of aliphatic hydroxyl groups is 1. The molecule has 1 atom stereocenters. The molecule has 4 nitrogen and oxygen atoms in total. The summed E-state index contributed by atoms with van der Waals surface area (Å²) in [5, 5.41) is 13.9. The molecule has 1 aromatic carbocycles. The van der Waals surface area contributed by atoms with Crippen molar-refractivity contribution in [2.45, 2.75) is 18.9 Å². The second-order valence-corrected chi connectivity index (χ2v) is 3.77. The SMILES string of the molecule is Cn1ncnc1CCC(O)c1ccccc1. The smallest absolute Gasteiger partial charge is 0.138 e. The molecule has 0 aliphatic carbocycles. The summed E-state index contributed by atoms with van der Waals surface area (Å²) < 4.78 is 1.73. The van der Waals surface area contributed by atoms with E-state index >= 15 is 0 Å². The quantitative estimate of drug-likeness (QED) is 0.844. The summed E-state index contributed by atoms with van der Waals surface area (Å²) in [6, 6.07) is 9.67. The van der Waals surface area contributed by atoms with Gasteiger partial charge >= 0.3 is 0 Å². The fourth-order valence-corrected chi connectivity index (χ4v) is 1.65. The van der Waals surface area contributed by atoms with Crippen LogP contribution in [0.4, 0.5) is 0 Å². The van der Waals surface area contributed by atoms with Gasteiger partial charge in [0.15, 0.2) is 0 Å². The van der Waals surface area contributed by atoms with Gasteiger partial charge in [0, 0.05) is 13.5 Å². The van der Waals surface area contributed by atoms with Crippen molar-refractivity contribution in [3.63, 3.8) is 0 Å². The Morgan fingerprint density at radius 2 is 2.06 bits per heavy atom. The molecule has 84 valence electrons. The van der Waals surface area contributed by atoms with Gasteiger partial charge in [-0.25, -0.2) is 4.98 Å². The van der Waals surface area contributed by atoms with Gasteiger partial charge in [0.2, 0.25) is 0 Å². The molecule has 2 aromatic rings. The van der Waals surface area contributed by atoms with Gasteiger partial charge in [-0.15, -0.1) is 0 Å². The van der Waals surface area contributed by atoms with E-state index in [2.05, 4.69) is 10.1 Å². The average Bonchev–Trinajstić information content (AvgIpc) is 2.73. The maximum Gasteiger partial charge on any atom is 0.138 e. The molecule has 2 rings (SSSR count). The molecule has 1 aromatic heterocycles. The number of hydrogen-bond acceptors (Lipinski definition) is 3. The Balaban J connectivity index is 1.94. The first-order chi connectivity index (χ1) is 7.77. The predicted octanol–water partition coefficient (Wildman–Crippen LogP) is 1.48. The molecular formula is C12H15N3O. The summed E-state index contributed by atoms with van der Waals surface area (Å²) in [5.41, 5.74) is 0.949. The van der Waals surface area contributed by atoms with Gasteiger partial charge in [0.25, 0.3) is 0 Å². The van der Waals surface area contributed by atoms with Crippen LogP contribution in [0.1, 0.15) is 23.9 Å². The van der Waals surface area contributed by atoms with Gasteiger partial charge in [-0.3, -0.25) is 4.68 Å². The number of hydrogen-bond donors (Lipinski definition) is 1. The summed E-state index contributed by atoms with van der Waals surface area (Å²) in [5.74, 6) is 0.898. The van der Waals surface area contributed by atoms with Gasteiger partial charge in [0.05, 0.1) is 6.10 Å². The zero-order chi connectivity index (χ0) is 11.4. The van der Waals surface area contributed by atoms with E-state index in [4.69, 9.17) is 0 Å². The Labute approximate surface area is 94.6 Å². The first-order valence-corrected chi connectivity index (χ1v) is 5.33. The molecule has 1 heterocycles. The van der Waals surface area contributed by atoms with Crippen molar-refractivity contribution in [1.82, 2.24) is 14.8 Å². The van der Waals surface area contributed by atoms with Crippen LogP contribution in [0.3, 0.4) is 0 Å². The molecule has 0 radical (unpaired) electrons. The highest BCUT2D eigenvalue weighted by atomic mass is 16.3. The van der Waals surface area contributed by atoms with Crippen molar-refractivity contribution in [3.05, 3.63) is 48.0 Å². The minimum absolute atomic E-state index is 0.433. The van der Waals surface area contributed by atoms with Crippen LogP contribution < -0.4 is 0 Å². The highest BCUT2D eigenvalue weighted by molar-refractivity contribution is 5.17. The van der Waals surface area contributed by atoms with Gasteiger partial charge in [0.1, 0.15) is 12.2 Å². The standard InChI is InChI=1S/C12H15N3O/c1-15-12(13-9-14-15)8-7-11(16)10-5-3-2-4-6-10/h2-6,9,11,16H,7-8H2,1H3. The molecule has 1 N–H and O–H groups in total. The van der Waals surface area contributed by atoms with E-state index in [0.717, 1.165) is 17.8 Å². The van der Waals surface area contributed by atoms with Crippen LogP contribution in [0, 0.1) is 0 Å². The van der Waals surface area contributed by atoms with Crippen molar-refractivity contribution in [2.75, 3.05) is 0 Å². The topological polar surface area (TPSA) is 50.9 Å². The maximum absolute atomic E-state index is 9.95. The summed E-state index contributed by atoms with van der Waals surface area (Å²) >= 11 is 0. The largest absolute Gasteiger partial charge is 0.388 e. The average molecular weight is 217 g/mol. The van der Waals surface area contributed by atoms with Crippen LogP contribution in [-0.2, 0) is 13.5 Å². The Morgan fingerprint density at radius 3 is 2.69 bits per heavy atom. The maximum atomic E-state index is 9.95. The van der Waals surface area contributed by atoms with E-state index in [1.54, 1.807) is 4.68 Å². The third kappa shape index (κ3) is 2.46. The van der Waals surface area contributed by atoms with Gasteiger partial charge in [-0.2, -0.15) is 5.10 Å². The predicted molar refractivity (Wildman–Crippen MR) is 60.7 cm³/mol. The fraction of sp³-hybridized carbons (Fsp3) is 0.333. The van der Waals surface area contributed by atoms with Crippen LogP contribution in [0.15, 0.2) is 36.7 Å². The van der Waals surface area contributed by atoms with Gasteiger partial charge < -0.3 is 5.11 Å². The Morgan fingerprint density at radius 1 is 1.31 bits per heavy atom. The number of benzene rings is 1. The Kier molecular flexibility index (Phi) is 3.31. The second-order valence-electron chi connectivity index (χ2n) is 3.77. The minimum atomic E-state index is -0.433. The third-order valence-electron chi connectivity index (χ3n) is 2.63. The van der Waals surface area contributed by atoms with Crippen LogP contribution in [0.5, 0.6) is 0 Å². The molecule has 4 heteroatoms. The molecule has 0 amide bonds. The molecule has 0 fully saturated rings. The van der Waals surface area contributed by atoms with Crippen LogP contribution >= 0.6 is 0 Å². The molecule has 1 unspecified atom stereocenters. The fourth-order valence-electron chi connectivity index (χ4n) is 1.65. The van der Waals surface area contributed by atoms with E-state index in [0.29, 0.717) is 6.42 Å². The van der Waals surface area contributed by atoms with Crippen LogP contribution in [0.2, 0.25) is 0 Å². The highest BCUT2D eigenvalue weighted by Gasteiger charge is 2.09. The van der Waals surface area contributed by atoms with Crippen LogP contribution in [-0.4, -0.2) is 19.9 Å². The Hall–Kier alpha value is -1.68. The number of aryl methyl sites for hydroxylation is 2. The van der Waals surface area contributed by atoms with Gasteiger partial charge in [-0.05, 0) is 12.0 Å². The van der Waals surface area contributed by atoms with E-state index in [1.807, 2.05) is 37.4 Å². The van der Waals surface area contributed by atoms with Gasteiger partial charge in [-0.1, -0.05) is 30.3 Å². The highest BCUT2D eigenvalue weighted by Crippen LogP contribution is 2.17. The second kappa shape index (κ2) is 4.90. The molecule has 0 saturated heterocycles. The van der Waals surface area contributed by atoms with E-state index in [-0.39, 0.29) is 0 Å². The van der Waals surface area contributed by atoms with Crippen molar-refractivity contribution >= 4 is 0 Å². The lowest BCUT2D eigenvalue weighted by Crippen LogP contribution is -2.04. The Bertz CT molecular complexity index is 439. The number of aliphatic hydroxyl groups excluding tert-OH is 1. The summed E-state index contributed by atoms with van der Waals surface area (Å²) in [7, 11) is 1.86. The lowest BCUT2D eigenvalue weighted by molar-refractivity contribution is 0.166. The van der Waals surface area contributed by atoms with Crippen molar-refractivity contribution in [2.24, 2.45) is 7.05 Å². The summed E-state index contributed by atoms with van der Waals surface area (Å²) in [6.45, 7) is 0. The molecule has 0 bridgehead atoms. The molecule has 0 aliphatic rings. The molecule has 0 saturated carbocycles. The normalized spacial score (nSPS) is 12.6. The van der Waals surface area contributed by atoms with Crippen molar-refractivity contribution < 1.29 is 5.11 Å². The monoisotopic (exact) mass is 217 g/mol. The zero-order valence-electron chi connectivity index (χ0n) is 9.24. The molecular weight excluding hydrogens is 202 g/mol. The number of rotatable bonds is 4. The third-order valence-corrected chi connectivity index (χ3v) is 2.63. The van der Waals surface area contributed by atoms with E-state index < -0.39 is 6.10 Å². The lowest BCUT2D eigenvalue weighted by atomic mass is 10.1. The molecule has 16 heavy (non-hydrogen) atoms. The van der Waals surface area contributed by atoms with Crippen molar-refractivity contribution in [3.8, 4) is 0 Å². The first-order valence-electron chi connectivity index (χ1n) is 5.33. The number of nitrogens with zero attached hydrogens (tertiary/aromatic N) is 3. The van der Waals surface area contributed by atoms with Crippen LogP contribution in [0.25, 0.3) is 0 Å². The number of aromatic nitrogens is 3. The summed E-state index contributed by atoms with van der Waals surface area (Å²) in [6.07, 6.45) is 2.49. The first kappa shape index (κ1) is 10.8. The van der Waals surface area contributed by atoms with Crippen molar-refractivity contribution in [1.29, 1.82) is 0 Å². The van der Waals surface area contributed by atoms with E-state index in [9.17, 15) is 5.11 Å². The minimum Gasteiger partial charge on any atom is -0.388 e.